The van der Waals surface area contributed by atoms with Crippen molar-refractivity contribution in [3.63, 3.8) is 0 Å². The molecule has 0 saturated carbocycles. The monoisotopic (exact) mass is 220 g/mol. The molecule has 1 rings (SSSR count). The summed E-state index contributed by atoms with van der Waals surface area (Å²) in [7, 11) is 0. The van der Waals surface area contributed by atoms with E-state index in [4.69, 9.17) is 4.74 Å². The Hall–Kier alpha value is 0.440. The van der Waals surface area contributed by atoms with E-state index in [2.05, 4.69) is 29.8 Å². The molecule has 0 aromatic carbocycles. The molecule has 1 saturated heterocycles. The van der Waals surface area contributed by atoms with E-state index >= 15 is 0 Å². The zero-order valence-corrected chi connectivity index (χ0v) is 8.93. The molecule has 0 aliphatic carbocycles. The van der Waals surface area contributed by atoms with E-state index in [1.807, 2.05) is 0 Å². The van der Waals surface area contributed by atoms with Crippen molar-refractivity contribution in [2.45, 2.75) is 31.5 Å². The second-order valence-corrected chi connectivity index (χ2v) is 4.61. The number of halogens is 1. The first kappa shape index (κ1) is 9.53. The van der Waals surface area contributed by atoms with Gasteiger partial charge in [-0.2, -0.15) is 0 Å². The highest BCUT2D eigenvalue weighted by molar-refractivity contribution is 9.09. The van der Waals surface area contributed by atoms with Crippen LogP contribution in [0.3, 0.4) is 0 Å². The van der Waals surface area contributed by atoms with Gasteiger partial charge in [0.15, 0.2) is 0 Å². The lowest BCUT2D eigenvalue weighted by Gasteiger charge is -2.31. The van der Waals surface area contributed by atoms with Gasteiger partial charge in [0.25, 0.3) is 0 Å². The Labute approximate surface area is 77.6 Å². The molecule has 1 aliphatic heterocycles. The van der Waals surface area contributed by atoms with Gasteiger partial charge in [0.2, 0.25) is 0 Å². The maximum absolute atomic E-state index is 5.39. The molecule has 11 heavy (non-hydrogen) atoms. The summed E-state index contributed by atoms with van der Waals surface area (Å²) >= 11 is 3.72. The van der Waals surface area contributed by atoms with Crippen molar-refractivity contribution in [1.29, 1.82) is 0 Å². The lowest BCUT2D eigenvalue weighted by atomic mass is 9.86. The van der Waals surface area contributed by atoms with Crippen LogP contribution in [0.25, 0.3) is 0 Å². The molecule has 1 nitrogen and oxygen atoms in total. The van der Waals surface area contributed by atoms with Crippen molar-refractivity contribution >= 4 is 15.9 Å². The van der Waals surface area contributed by atoms with Gasteiger partial charge in [-0.05, 0) is 24.7 Å². The molecule has 3 unspecified atom stereocenters. The van der Waals surface area contributed by atoms with Crippen LogP contribution in [-0.4, -0.2) is 18.0 Å². The fraction of sp³-hybridized carbons (Fsp3) is 1.00. The lowest BCUT2D eigenvalue weighted by molar-refractivity contribution is 0.0240. The van der Waals surface area contributed by atoms with Crippen molar-refractivity contribution in [3.8, 4) is 0 Å². The highest BCUT2D eigenvalue weighted by Gasteiger charge is 2.26. The van der Waals surface area contributed by atoms with Gasteiger partial charge in [0.1, 0.15) is 0 Å². The van der Waals surface area contributed by atoms with Crippen molar-refractivity contribution < 1.29 is 4.74 Å². The number of ether oxygens (including phenoxy) is 1. The Bertz CT molecular complexity index is 112. The minimum atomic E-state index is 0.696. The van der Waals surface area contributed by atoms with Gasteiger partial charge in [0, 0.05) is 18.0 Å². The van der Waals surface area contributed by atoms with Crippen LogP contribution >= 0.6 is 15.9 Å². The maximum atomic E-state index is 5.39. The van der Waals surface area contributed by atoms with E-state index in [0.29, 0.717) is 4.83 Å². The first-order chi connectivity index (χ1) is 5.25. The summed E-state index contributed by atoms with van der Waals surface area (Å²) in [6.07, 6.45) is 2.46. The molecular weight excluding hydrogens is 204 g/mol. The number of alkyl halides is 1. The summed E-state index contributed by atoms with van der Waals surface area (Å²) in [5.74, 6) is 1.56. The molecule has 0 amide bonds. The molecule has 0 spiro atoms. The quantitative estimate of drug-likeness (QED) is 0.651. The minimum Gasteiger partial charge on any atom is -0.381 e. The Morgan fingerprint density at radius 2 is 2.36 bits per heavy atom. The summed E-state index contributed by atoms with van der Waals surface area (Å²) in [5, 5.41) is 0. The predicted octanol–water partition coefficient (Wildman–Crippen LogP) is 2.83. The molecule has 3 atom stereocenters. The van der Waals surface area contributed by atoms with Gasteiger partial charge in [-0.15, -0.1) is 0 Å². The standard InChI is InChI=1S/C9H17BrO/c1-3-9(10)8-4-5-11-6-7(8)2/h7-9H,3-6H2,1-2H3. The Morgan fingerprint density at radius 3 is 2.91 bits per heavy atom. The highest BCUT2D eigenvalue weighted by Crippen LogP contribution is 2.30. The van der Waals surface area contributed by atoms with E-state index in [1.165, 1.54) is 12.8 Å². The summed E-state index contributed by atoms with van der Waals surface area (Å²) < 4.78 is 5.39. The largest absolute Gasteiger partial charge is 0.381 e. The number of rotatable bonds is 2. The molecule has 1 aliphatic rings. The van der Waals surface area contributed by atoms with Gasteiger partial charge in [-0.1, -0.05) is 29.8 Å². The SMILES string of the molecule is CCC(Br)C1CCOCC1C. The number of hydrogen-bond acceptors (Lipinski definition) is 1. The van der Waals surface area contributed by atoms with Crippen LogP contribution in [0.1, 0.15) is 26.7 Å². The summed E-state index contributed by atoms with van der Waals surface area (Å²) in [4.78, 5) is 0.696. The van der Waals surface area contributed by atoms with E-state index < -0.39 is 0 Å². The predicted molar refractivity (Wildman–Crippen MR) is 51.1 cm³/mol. The molecule has 0 bridgehead atoms. The van der Waals surface area contributed by atoms with Crippen molar-refractivity contribution in [2.24, 2.45) is 11.8 Å². The summed E-state index contributed by atoms with van der Waals surface area (Å²) in [5.41, 5.74) is 0. The average Bonchev–Trinajstić information content (AvgIpc) is 2.04. The summed E-state index contributed by atoms with van der Waals surface area (Å²) in [6, 6.07) is 0. The molecule has 0 radical (unpaired) electrons. The average molecular weight is 221 g/mol. The Kier molecular flexibility index (Phi) is 3.86. The van der Waals surface area contributed by atoms with E-state index in [0.717, 1.165) is 25.0 Å². The topological polar surface area (TPSA) is 9.23 Å². The molecule has 0 aromatic rings. The van der Waals surface area contributed by atoms with Crippen molar-refractivity contribution in [2.75, 3.05) is 13.2 Å². The van der Waals surface area contributed by atoms with Gasteiger partial charge in [0.05, 0.1) is 0 Å². The second kappa shape index (κ2) is 4.46. The Morgan fingerprint density at radius 1 is 1.64 bits per heavy atom. The Balaban J connectivity index is 2.40. The number of hydrogen-bond donors (Lipinski definition) is 0. The van der Waals surface area contributed by atoms with E-state index in [9.17, 15) is 0 Å². The molecule has 0 N–H and O–H groups in total. The molecule has 66 valence electrons. The maximum Gasteiger partial charge on any atom is 0.0494 e. The van der Waals surface area contributed by atoms with Crippen LogP contribution in [-0.2, 0) is 4.74 Å². The smallest absolute Gasteiger partial charge is 0.0494 e. The van der Waals surface area contributed by atoms with E-state index in [-0.39, 0.29) is 0 Å². The zero-order chi connectivity index (χ0) is 8.27. The highest BCUT2D eigenvalue weighted by atomic mass is 79.9. The van der Waals surface area contributed by atoms with Gasteiger partial charge >= 0.3 is 0 Å². The molecule has 2 heteroatoms. The van der Waals surface area contributed by atoms with Crippen LogP contribution < -0.4 is 0 Å². The third-order valence-electron chi connectivity index (χ3n) is 2.56. The zero-order valence-electron chi connectivity index (χ0n) is 7.35. The van der Waals surface area contributed by atoms with Crippen LogP contribution in [0.15, 0.2) is 0 Å². The molecule has 0 aromatic heterocycles. The van der Waals surface area contributed by atoms with Crippen molar-refractivity contribution in [3.05, 3.63) is 0 Å². The fourth-order valence-electron chi connectivity index (χ4n) is 1.74. The first-order valence-electron chi connectivity index (χ1n) is 4.47. The van der Waals surface area contributed by atoms with Crippen LogP contribution in [0.4, 0.5) is 0 Å². The van der Waals surface area contributed by atoms with Gasteiger partial charge in [-0.3, -0.25) is 0 Å². The summed E-state index contributed by atoms with van der Waals surface area (Å²) in [6.45, 7) is 6.43. The van der Waals surface area contributed by atoms with Gasteiger partial charge < -0.3 is 4.74 Å². The first-order valence-corrected chi connectivity index (χ1v) is 5.39. The van der Waals surface area contributed by atoms with Crippen LogP contribution in [0.5, 0.6) is 0 Å². The molecule has 1 fully saturated rings. The van der Waals surface area contributed by atoms with E-state index in [1.54, 1.807) is 0 Å². The third kappa shape index (κ3) is 2.45. The fourth-order valence-corrected chi connectivity index (χ4v) is 2.52. The normalized spacial score (nSPS) is 35.2. The second-order valence-electron chi connectivity index (χ2n) is 3.43. The lowest BCUT2D eigenvalue weighted by Crippen LogP contribution is -2.31. The minimum absolute atomic E-state index is 0.696. The molecular formula is C9H17BrO. The van der Waals surface area contributed by atoms with Crippen LogP contribution in [0, 0.1) is 11.8 Å². The van der Waals surface area contributed by atoms with Crippen molar-refractivity contribution in [1.82, 2.24) is 0 Å². The third-order valence-corrected chi connectivity index (χ3v) is 3.89. The van der Waals surface area contributed by atoms with Gasteiger partial charge in [-0.25, -0.2) is 0 Å². The van der Waals surface area contributed by atoms with Crippen LogP contribution in [0.2, 0.25) is 0 Å². The molecule has 1 heterocycles.